The number of benzene rings is 2. The predicted molar refractivity (Wildman–Crippen MR) is 97.3 cm³/mol. The Morgan fingerprint density at radius 1 is 0.957 bits per heavy atom. The molecule has 1 aromatic heterocycles. The largest absolute Gasteiger partial charge is 0.359 e. The smallest absolute Gasteiger partial charge is 0.0781 e. The van der Waals surface area contributed by atoms with Crippen molar-refractivity contribution in [3.8, 4) is 11.3 Å². The standard InChI is InChI=1S/C21H18N2/c1-2-9-18(10-3-1)23-19-11-6-8-17(15-19)21-20-12-5-4-7-16(20)13-14-22-21/h1-2,4-9,11-15,23H,3,10H2. The predicted octanol–water partition coefficient (Wildman–Crippen LogP) is 5.55. The molecule has 0 atom stereocenters. The quantitative estimate of drug-likeness (QED) is 0.686. The van der Waals surface area contributed by atoms with Gasteiger partial charge in [0.05, 0.1) is 5.69 Å². The minimum Gasteiger partial charge on any atom is -0.359 e. The normalized spacial score (nSPS) is 13.8. The summed E-state index contributed by atoms with van der Waals surface area (Å²) in [5.41, 5.74) is 4.54. The number of rotatable bonds is 3. The monoisotopic (exact) mass is 298 g/mol. The van der Waals surface area contributed by atoms with Crippen LogP contribution < -0.4 is 5.32 Å². The molecular formula is C21H18N2. The SMILES string of the molecule is C1=CCCC(Nc2cccc(-c3nccc4ccccc34)c2)=C1. The lowest BCUT2D eigenvalue weighted by molar-refractivity contribution is 0.967. The molecule has 0 fully saturated rings. The van der Waals surface area contributed by atoms with E-state index < -0.39 is 0 Å². The third-order valence-electron chi connectivity index (χ3n) is 4.13. The number of nitrogens with one attached hydrogen (secondary N) is 1. The fraction of sp³-hybridized carbons (Fsp3) is 0.0952. The maximum Gasteiger partial charge on any atom is 0.0781 e. The van der Waals surface area contributed by atoms with E-state index in [0.29, 0.717) is 0 Å². The van der Waals surface area contributed by atoms with Crippen LogP contribution >= 0.6 is 0 Å². The van der Waals surface area contributed by atoms with Gasteiger partial charge < -0.3 is 5.32 Å². The highest BCUT2D eigenvalue weighted by Crippen LogP contribution is 2.28. The molecule has 0 aliphatic heterocycles. The lowest BCUT2D eigenvalue weighted by atomic mass is 10.0. The molecule has 0 amide bonds. The highest BCUT2D eigenvalue weighted by atomic mass is 14.9. The van der Waals surface area contributed by atoms with Gasteiger partial charge in [0.2, 0.25) is 0 Å². The zero-order valence-corrected chi connectivity index (χ0v) is 12.9. The van der Waals surface area contributed by atoms with E-state index >= 15 is 0 Å². The summed E-state index contributed by atoms with van der Waals surface area (Å²) in [6.45, 7) is 0. The lowest BCUT2D eigenvalue weighted by Gasteiger charge is -2.13. The first-order chi connectivity index (χ1) is 11.4. The van der Waals surface area contributed by atoms with Gasteiger partial charge in [-0.05, 0) is 42.5 Å². The van der Waals surface area contributed by atoms with Crippen LogP contribution in [-0.4, -0.2) is 4.98 Å². The molecule has 1 aliphatic carbocycles. The Morgan fingerprint density at radius 3 is 2.83 bits per heavy atom. The first kappa shape index (κ1) is 13.8. The van der Waals surface area contributed by atoms with Gasteiger partial charge in [-0.1, -0.05) is 48.6 Å². The summed E-state index contributed by atoms with van der Waals surface area (Å²) in [7, 11) is 0. The van der Waals surface area contributed by atoms with Crippen molar-refractivity contribution < 1.29 is 0 Å². The van der Waals surface area contributed by atoms with Gasteiger partial charge in [-0.25, -0.2) is 0 Å². The summed E-state index contributed by atoms with van der Waals surface area (Å²) in [4.78, 5) is 4.61. The van der Waals surface area contributed by atoms with Crippen LogP contribution in [0.4, 0.5) is 5.69 Å². The van der Waals surface area contributed by atoms with Crippen molar-refractivity contribution in [1.29, 1.82) is 0 Å². The summed E-state index contributed by atoms with van der Waals surface area (Å²) in [6.07, 6.45) is 10.5. The molecule has 1 aliphatic rings. The second-order valence-corrected chi connectivity index (χ2v) is 5.75. The zero-order valence-electron chi connectivity index (χ0n) is 12.9. The van der Waals surface area contributed by atoms with Gasteiger partial charge in [-0.15, -0.1) is 0 Å². The molecule has 1 heterocycles. The van der Waals surface area contributed by atoms with Crippen LogP contribution in [0.2, 0.25) is 0 Å². The van der Waals surface area contributed by atoms with Gasteiger partial charge >= 0.3 is 0 Å². The Morgan fingerprint density at radius 2 is 1.91 bits per heavy atom. The molecule has 1 N–H and O–H groups in total. The molecule has 23 heavy (non-hydrogen) atoms. The summed E-state index contributed by atoms with van der Waals surface area (Å²) in [6, 6.07) is 18.9. The summed E-state index contributed by atoms with van der Waals surface area (Å²) in [5, 5.41) is 5.93. The van der Waals surface area contributed by atoms with E-state index in [9.17, 15) is 0 Å². The molecule has 2 heteroatoms. The Hall–Kier alpha value is -2.87. The van der Waals surface area contributed by atoms with Crippen molar-refractivity contribution in [3.63, 3.8) is 0 Å². The lowest BCUT2D eigenvalue weighted by Crippen LogP contribution is -2.01. The molecular weight excluding hydrogens is 280 g/mol. The topological polar surface area (TPSA) is 24.9 Å². The number of hydrogen-bond acceptors (Lipinski definition) is 2. The maximum absolute atomic E-state index is 4.61. The average Bonchev–Trinajstić information content (AvgIpc) is 2.62. The second-order valence-electron chi connectivity index (χ2n) is 5.75. The number of fused-ring (bicyclic) bond motifs is 1. The highest BCUT2D eigenvalue weighted by molar-refractivity contribution is 5.94. The Bertz CT molecular complexity index is 901. The second kappa shape index (κ2) is 6.09. The van der Waals surface area contributed by atoms with Gasteiger partial charge in [-0.3, -0.25) is 4.98 Å². The Labute approximate surface area is 136 Å². The third kappa shape index (κ3) is 2.88. The molecule has 4 rings (SSSR count). The van der Waals surface area contributed by atoms with Gasteiger partial charge in [0.1, 0.15) is 0 Å². The highest BCUT2D eigenvalue weighted by Gasteiger charge is 2.06. The van der Waals surface area contributed by atoms with Crippen LogP contribution in [0.5, 0.6) is 0 Å². The molecule has 0 saturated heterocycles. The van der Waals surface area contributed by atoms with Crippen molar-refractivity contribution in [3.05, 3.63) is 84.7 Å². The number of hydrogen-bond donors (Lipinski definition) is 1. The first-order valence-corrected chi connectivity index (χ1v) is 7.97. The minimum absolute atomic E-state index is 1.03. The molecule has 0 bridgehead atoms. The molecule has 0 unspecified atom stereocenters. The molecule has 0 saturated carbocycles. The van der Waals surface area contributed by atoms with Gasteiger partial charge in [0.25, 0.3) is 0 Å². The molecule has 2 nitrogen and oxygen atoms in total. The van der Waals surface area contributed by atoms with Crippen molar-refractivity contribution >= 4 is 16.5 Å². The van der Waals surface area contributed by atoms with Gasteiger partial charge in [-0.2, -0.15) is 0 Å². The van der Waals surface area contributed by atoms with E-state index in [1.165, 1.54) is 16.5 Å². The fourth-order valence-corrected chi connectivity index (χ4v) is 2.99. The molecule has 2 aromatic carbocycles. The summed E-state index contributed by atoms with van der Waals surface area (Å²) >= 11 is 0. The van der Waals surface area contributed by atoms with E-state index in [0.717, 1.165) is 29.8 Å². The number of pyridine rings is 1. The van der Waals surface area contributed by atoms with E-state index in [1.807, 2.05) is 6.20 Å². The van der Waals surface area contributed by atoms with Crippen LogP contribution in [0.3, 0.4) is 0 Å². The van der Waals surface area contributed by atoms with Crippen LogP contribution in [0.25, 0.3) is 22.0 Å². The summed E-state index contributed by atoms with van der Waals surface area (Å²) < 4.78 is 0. The van der Waals surface area contributed by atoms with E-state index in [1.54, 1.807) is 0 Å². The van der Waals surface area contributed by atoms with Crippen molar-refractivity contribution in [2.24, 2.45) is 0 Å². The molecule has 0 radical (unpaired) electrons. The van der Waals surface area contributed by atoms with E-state index in [4.69, 9.17) is 0 Å². The van der Waals surface area contributed by atoms with Crippen LogP contribution in [0.1, 0.15) is 12.8 Å². The third-order valence-corrected chi connectivity index (χ3v) is 4.13. The Balaban J connectivity index is 1.73. The minimum atomic E-state index is 1.03. The molecule has 3 aromatic rings. The molecule has 0 spiro atoms. The van der Waals surface area contributed by atoms with E-state index in [-0.39, 0.29) is 0 Å². The van der Waals surface area contributed by atoms with Crippen LogP contribution in [0, 0.1) is 0 Å². The average molecular weight is 298 g/mol. The van der Waals surface area contributed by atoms with Crippen molar-refractivity contribution in [2.75, 3.05) is 5.32 Å². The number of allylic oxidation sites excluding steroid dienone is 4. The van der Waals surface area contributed by atoms with Gasteiger partial charge in [0.15, 0.2) is 0 Å². The van der Waals surface area contributed by atoms with Crippen LogP contribution in [0.15, 0.2) is 84.7 Å². The number of anilines is 1. The van der Waals surface area contributed by atoms with E-state index in [2.05, 4.69) is 83.1 Å². The first-order valence-electron chi connectivity index (χ1n) is 7.97. The number of aromatic nitrogens is 1. The fourth-order valence-electron chi connectivity index (χ4n) is 2.99. The summed E-state index contributed by atoms with van der Waals surface area (Å²) in [5.74, 6) is 0. The van der Waals surface area contributed by atoms with Crippen molar-refractivity contribution in [1.82, 2.24) is 4.98 Å². The zero-order chi connectivity index (χ0) is 15.5. The Kier molecular flexibility index (Phi) is 3.65. The molecule has 112 valence electrons. The van der Waals surface area contributed by atoms with Gasteiger partial charge in [0, 0.05) is 28.5 Å². The van der Waals surface area contributed by atoms with Crippen molar-refractivity contribution in [2.45, 2.75) is 12.8 Å². The van der Waals surface area contributed by atoms with Crippen LogP contribution in [-0.2, 0) is 0 Å². The maximum atomic E-state index is 4.61. The number of nitrogens with zero attached hydrogens (tertiary/aromatic N) is 1.